The lowest BCUT2D eigenvalue weighted by atomic mass is 9.91. The maximum Gasteiger partial charge on any atom is 0.246 e. The molecule has 124 valence electrons. The molecule has 2 aromatic rings. The molecule has 0 bridgehead atoms. The van der Waals surface area contributed by atoms with E-state index >= 15 is 0 Å². The number of hydrogen-bond acceptors (Lipinski definition) is 6. The fraction of sp³-hybridized carbons (Fsp3) is 0.529. The van der Waals surface area contributed by atoms with Gasteiger partial charge < -0.3 is 19.3 Å². The molecular weight excluding hydrogens is 294 g/mol. The van der Waals surface area contributed by atoms with E-state index in [4.69, 9.17) is 14.0 Å². The van der Waals surface area contributed by atoms with Gasteiger partial charge in [-0.3, -0.25) is 0 Å². The number of rotatable bonds is 5. The second-order valence-electron chi connectivity index (χ2n) is 6.10. The lowest BCUT2D eigenvalue weighted by molar-refractivity contribution is 0.206. The van der Waals surface area contributed by atoms with Crippen LogP contribution in [0.2, 0.25) is 0 Å². The highest BCUT2D eigenvalue weighted by Crippen LogP contribution is 2.30. The summed E-state index contributed by atoms with van der Waals surface area (Å²) in [4.78, 5) is 4.59. The summed E-state index contributed by atoms with van der Waals surface area (Å²) in [6.07, 6.45) is 3.99. The average molecular weight is 317 g/mol. The van der Waals surface area contributed by atoms with Crippen LogP contribution >= 0.6 is 0 Å². The summed E-state index contributed by atoms with van der Waals surface area (Å²) < 4.78 is 16.1. The predicted molar refractivity (Wildman–Crippen MR) is 85.9 cm³/mol. The van der Waals surface area contributed by atoms with Crippen LogP contribution in [0.3, 0.4) is 0 Å². The normalized spacial score (nSPS) is 21.2. The van der Waals surface area contributed by atoms with Crippen molar-refractivity contribution in [2.75, 3.05) is 20.8 Å². The third kappa shape index (κ3) is 3.32. The summed E-state index contributed by atoms with van der Waals surface area (Å²) in [5.74, 6) is 2.77. The molecule has 0 radical (unpaired) electrons. The molecule has 23 heavy (non-hydrogen) atoms. The molecule has 6 nitrogen and oxygen atoms in total. The molecule has 1 atom stereocenters. The predicted octanol–water partition coefficient (Wildman–Crippen LogP) is 2.67. The maximum atomic E-state index is 5.50. The number of piperidine rings is 1. The molecule has 1 fully saturated rings. The van der Waals surface area contributed by atoms with E-state index in [0.29, 0.717) is 29.6 Å². The van der Waals surface area contributed by atoms with E-state index in [-0.39, 0.29) is 5.54 Å². The highest BCUT2D eigenvalue weighted by molar-refractivity contribution is 5.43. The van der Waals surface area contributed by atoms with Crippen molar-refractivity contribution in [3.05, 3.63) is 35.5 Å². The van der Waals surface area contributed by atoms with Crippen LogP contribution in [0.1, 0.15) is 43.5 Å². The third-order valence-corrected chi connectivity index (χ3v) is 4.37. The summed E-state index contributed by atoms with van der Waals surface area (Å²) in [5.41, 5.74) is 0.845. The van der Waals surface area contributed by atoms with E-state index in [9.17, 15) is 0 Å². The lowest BCUT2D eigenvalue weighted by Gasteiger charge is -2.31. The summed E-state index contributed by atoms with van der Waals surface area (Å²) in [5, 5.41) is 7.62. The van der Waals surface area contributed by atoms with E-state index in [1.165, 1.54) is 12.8 Å². The van der Waals surface area contributed by atoms with Crippen LogP contribution in [-0.2, 0) is 12.0 Å². The Kier molecular flexibility index (Phi) is 4.52. The molecular formula is C17H23N3O3. The fourth-order valence-electron chi connectivity index (χ4n) is 2.96. The number of ether oxygens (including phenoxy) is 2. The van der Waals surface area contributed by atoms with Crippen molar-refractivity contribution in [1.82, 2.24) is 15.5 Å². The first-order valence-electron chi connectivity index (χ1n) is 7.93. The van der Waals surface area contributed by atoms with E-state index in [2.05, 4.69) is 22.4 Å². The summed E-state index contributed by atoms with van der Waals surface area (Å²) >= 11 is 0. The molecule has 1 unspecified atom stereocenters. The molecule has 0 amide bonds. The summed E-state index contributed by atoms with van der Waals surface area (Å²) in [6, 6.07) is 5.81. The lowest BCUT2D eigenvalue weighted by Crippen LogP contribution is -2.43. The quantitative estimate of drug-likeness (QED) is 0.914. The smallest absolute Gasteiger partial charge is 0.246 e. The summed E-state index contributed by atoms with van der Waals surface area (Å²) in [7, 11) is 3.25. The molecule has 1 N–H and O–H groups in total. The molecule has 1 saturated heterocycles. The third-order valence-electron chi connectivity index (χ3n) is 4.37. The van der Waals surface area contributed by atoms with E-state index in [1.54, 1.807) is 14.2 Å². The average Bonchev–Trinajstić information content (AvgIpc) is 3.05. The molecule has 0 spiro atoms. The molecule has 6 heteroatoms. The van der Waals surface area contributed by atoms with Gasteiger partial charge in [0.15, 0.2) is 17.3 Å². The zero-order valence-electron chi connectivity index (χ0n) is 13.9. The largest absolute Gasteiger partial charge is 0.493 e. The Labute approximate surface area is 136 Å². The number of benzene rings is 1. The van der Waals surface area contributed by atoms with Crippen LogP contribution in [-0.4, -0.2) is 30.9 Å². The molecule has 0 saturated carbocycles. The molecule has 1 aromatic carbocycles. The molecule has 3 rings (SSSR count). The molecule has 1 aliphatic rings. The first-order chi connectivity index (χ1) is 11.1. The van der Waals surface area contributed by atoms with Crippen molar-refractivity contribution >= 4 is 0 Å². The number of aromatic nitrogens is 2. The maximum absolute atomic E-state index is 5.50. The van der Waals surface area contributed by atoms with Crippen LogP contribution in [0.5, 0.6) is 11.5 Å². The van der Waals surface area contributed by atoms with Crippen molar-refractivity contribution < 1.29 is 14.0 Å². The van der Waals surface area contributed by atoms with Gasteiger partial charge in [0, 0.05) is 6.42 Å². The number of methoxy groups -OCH3 is 2. The van der Waals surface area contributed by atoms with Gasteiger partial charge in [-0.1, -0.05) is 11.2 Å². The van der Waals surface area contributed by atoms with Crippen molar-refractivity contribution in [1.29, 1.82) is 0 Å². The Morgan fingerprint density at radius 3 is 2.74 bits per heavy atom. The molecule has 1 aliphatic heterocycles. The van der Waals surface area contributed by atoms with Crippen LogP contribution in [0.15, 0.2) is 22.7 Å². The van der Waals surface area contributed by atoms with Crippen LogP contribution in [0.25, 0.3) is 0 Å². The highest BCUT2D eigenvalue weighted by atomic mass is 16.5. The Morgan fingerprint density at radius 2 is 2.04 bits per heavy atom. The number of nitrogens with one attached hydrogen (secondary N) is 1. The zero-order chi connectivity index (χ0) is 16.3. The van der Waals surface area contributed by atoms with Gasteiger partial charge >= 0.3 is 0 Å². The first-order valence-corrected chi connectivity index (χ1v) is 7.93. The Hall–Kier alpha value is -2.08. The van der Waals surface area contributed by atoms with Crippen molar-refractivity contribution in [3.63, 3.8) is 0 Å². The molecule has 0 aliphatic carbocycles. The summed E-state index contributed by atoms with van der Waals surface area (Å²) in [6.45, 7) is 3.11. The van der Waals surface area contributed by atoms with Crippen LogP contribution < -0.4 is 14.8 Å². The molecule has 1 aromatic heterocycles. The van der Waals surface area contributed by atoms with Gasteiger partial charge in [0.1, 0.15) is 0 Å². The van der Waals surface area contributed by atoms with Crippen molar-refractivity contribution in [2.24, 2.45) is 0 Å². The first kappa shape index (κ1) is 15.8. The van der Waals surface area contributed by atoms with E-state index < -0.39 is 0 Å². The van der Waals surface area contributed by atoms with Gasteiger partial charge in [-0.25, -0.2) is 0 Å². The van der Waals surface area contributed by atoms with Gasteiger partial charge in [-0.05, 0) is 50.4 Å². The van der Waals surface area contributed by atoms with Gasteiger partial charge in [-0.2, -0.15) is 4.98 Å². The van der Waals surface area contributed by atoms with Crippen molar-refractivity contribution in [3.8, 4) is 11.5 Å². The monoisotopic (exact) mass is 317 g/mol. The van der Waals surface area contributed by atoms with Crippen LogP contribution in [0.4, 0.5) is 0 Å². The fourth-order valence-corrected chi connectivity index (χ4v) is 2.96. The van der Waals surface area contributed by atoms with Gasteiger partial charge in [0.2, 0.25) is 5.89 Å². The van der Waals surface area contributed by atoms with Gasteiger partial charge in [-0.15, -0.1) is 0 Å². The number of hydrogen-bond donors (Lipinski definition) is 1. The Balaban J connectivity index is 1.76. The van der Waals surface area contributed by atoms with Gasteiger partial charge in [0.05, 0.1) is 19.8 Å². The minimum Gasteiger partial charge on any atom is -0.493 e. The second kappa shape index (κ2) is 6.58. The Morgan fingerprint density at radius 1 is 1.22 bits per heavy atom. The minimum atomic E-state index is -0.207. The number of nitrogens with zero attached hydrogens (tertiary/aromatic N) is 2. The zero-order valence-corrected chi connectivity index (χ0v) is 13.9. The van der Waals surface area contributed by atoms with Gasteiger partial charge in [0.25, 0.3) is 0 Å². The minimum absolute atomic E-state index is 0.207. The van der Waals surface area contributed by atoms with E-state index in [1.807, 2.05) is 18.2 Å². The molecule has 2 heterocycles. The topological polar surface area (TPSA) is 69.4 Å². The standard InChI is InChI=1S/C17H23N3O3/c1-17(8-4-5-9-18-17)16-19-15(20-23-16)11-12-6-7-13(21-2)14(10-12)22-3/h6-7,10,18H,4-5,8-9,11H2,1-3H3. The second-order valence-corrected chi connectivity index (χ2v) is 6.10. The SMILES string of the molecule is COc1ccc(Cc2noc(C3(C)CCCCN3)n2)cc1OC. The van der Waals surface area contributed by atoms with E-state index in [0.717, 1.165) is 18.5 Å². The van der Waals surface area contributed by atoms with Crippen molar-refractivity contribution in [2.45, 2.75) is 38.1 Å². The Bertz CT molecular complexity index is 663. The van der Waals surface area contributed by atoms with Crippen LogP contribution in [0, 0.1) is 0 Å². The highest BCUT2D eigenvalue weighted by Gasteiger charge is 2.34.